The van der Waals surface area contributed by atoms with Crippen molar-refractivity contribution >= 4 is 40.1 Å². The van der Waals surface area contributed by atoms with E-state index in [1.54, 1.807) is 6.33 Å². The minimum Gasteiger partial charge on any atom is -0.378 e. The van der Waals surface area contributed by atoms with E-state index >= 15 is 0 Å². The lowest BCUT2D eigenvalue weighted by Gasteiger charge is -2.27. The summed E-state index contributed by atoms with van der Waals surface area (Å²) in [6, 6.07) is 9.41. The van der Waals surface area contributed by atoms with Gasteiger partial charge < -0.3 is 20.3 Å². The zero-order valence-corrected chi connectivity index (χ0v) is 15.9. The van der Waals surface area contributed by atoms with Crippen molar-refractivity contribution in [2.24, 2.45) is 0 Å². The molecule has 0 atom stereocenters. The second-order valence-corrected chi connectivity index (χ2v) is 6.80. The van der Waals surface area contributed by atoms with Crippen LogP contribution in [-0.4, -0.2) is 55.3 Å². The largest absolute Gasteiger partial charge is 0.378 e. The van der Waals surface area contributed by atoms with Crippen LogP contribution in [0.4, 0.5) is 11.6 Å². The van der Waals surface area contributed by atoms with Crippen molar-refractivity contribution in [2.75, 3.05) is 49.6 Å². The highest BCUT2D eigenvalue weighted by atomic mass is 127. The summed E-state index contributed by atoms with van der Waals surface area (Å²) in [6.45, 7) is 4.22. The molecule has 0 bridgehead atoms. The fraction of sp³-hybridized carbons (Fsp3) is 0.353. The molecule has 1 aliphatic rings. The highest BCUT2D eigenvalue weighted by molar-refractivity contribution is 14.1. The Morgan fingerprint density at radius 2 is 1.92 bits per heavy atom. The molecule has 1 aromatic heterocycles. The molecule has 1 amide bonds. The van der Waals surface area contributed by atoms with Gasteiger partial charge in [0.05, 0.1) is 13.2 Å². The SMILES string of the molecule is O=C(NCCNc1cc(N2CCOCC2)ncn1)c1ccc(I)cc1. The summed E-state index contributed by atoms with van der Waals surface area (Å²) < 4.78 is 6.46. The van der Waals surface area contributed by atoms with Crippen LogP contribution < -0.4 is 15.5 Å². The first-order valence-corrected chi connectivity index (χ1v) is 9.22. The maximum atomic E-state index is 12.0. The zero-order chi connectivity index (χ0) is 17.5. The molecule has 2 aromatic rings. The molecule has 1 aliphatic heterocycles. The monoisotopic (exact) mass is 453 g/mol. The van der Waals surface area contributed by atoms with Gasteiger partial charge in [0.2, 0.25) is 0 Å². The molecule has 0 unspecified atom stereocenters. The average molecular weight is 453 g/mol. The van der Waals surface area contributed by atoms with Gasteiger partial charge in [-0.2, -0.15) is 0 Å². The Morgan fingerprint density at radius 1 is 1.16 bits per heavy atom. The summed E-state index contributed by atoms with van der Waals surface area (Å²) in [5.41, 5.74) is 0.664. The third kappa shape index (κ3) is 5.27. The fourth-order valence-corrected chi connectivity index (χ4v) is 2.84. The molecule has 3 rings (SSSR count). The molecular formula is C17H20IN5O2. The number of carbonyl (C=O) groups excluding carboxylic acids is 1. The summed E-state index contributed by atoms with van der Waals surface area (Å²) in [5.74, 6) is 1.57. The maximum Gasteiger partial charge on any atom is 0.251 e. The van der Waals surface area contributed by atoms with Crippen molar-refractivity contribution in [3.8, 4) is 0 Å². The third-order valence-corrected chi connectivity index (χ3v) is 4.53. The van der Waals surface area contributed by atoms with E-state index in [4.69, 9.17) is 4.74 Å². The lowest BCUT2D eigenvalue weighted by molar-refractivity contribution is 0.0955. The van der Waals surface area contributed by atoms with Gasteiger partial charge in [-0.25, -0.2) is 9.97 Å². The van der Waals surface area contributed by atoms with Gasteiger partial charge in [0, 0.05) is 41.4 Å². The lowest BCUT2D eigenvalue weighted by Crippen LogP contribution is -2.36. The number of ether oxygens (including phenoxy) is 1. The molecule has 0 saturated carbocycles. The molecule has 2 heterocycles. The number of hydrogen-bond donors (Lipinski definition) is 2. The van der Waals surface area contributed by atoms with Gasteiger partial charge in [0.15, 0.2) is 0 Å². The van der Waals surface area contributed by atoms with Crippen molar-refractivity contribution < 1.29 is 9.53 Å². The van der Waals surface area contributed by atoms with Crippen LogP contribution in [-0.2, 0) is 4.74 Å². The van der Waals surface area contributed by atoms with Crippen LogP contribution in [0.5, 0.6) is 0 Å². The molecule has 1 fully saturated rings. The summed E-state index contributed by atoms with van der Waals surface area (Å²) >= 11 is 2.22. The molecule has 1 saturated heterocycles. The number of morpholine rings is 1. The van der Waals surface area contributed by atoms with E-state index in [9.17, 15) is 4.79 Å². The number of aromatic nitrogens is 2. The Morgan fingerprint density at radius 3 is 2.68 bits per heavy atom. The molecular weight excluding hydrogens is 433 g/mol. The van der Waals surface area contributed by atoms with Crippen LogP contribution in [0.25, 0.3) is 0 Å². The Kier molecular flexibility index (Phi) is 6.40. The van der Waals surface area contributed by atoms with Gasteiger partial charge in [-0.05, 0) is 46.9 Å². The van der Waals surface area contributed by atoms with E-state index in [0.717, 1.165) is 41.5 Å². The molecule has 8 heteroatoms. The number of anilines is 2. The van der Waals surface area contributed by atoms with Crippen LogP contribution in [0.1, 0.15) is 10.4 Å². The minimum atomic E-state index is -0.0742. The van der Waals surface area contributed by atoms with Crippen molar-refractivity contribution in [1.82, 2.24) is 15.3 Å². The first-order valence-electron chi connectivity index (χ1n) is 8.15. The van der Waals surface area contributed by atoms with Crippen LogP contribution in [0.2, 0.25) is 0 Å². The summed E-state index contributed by atoms with van der Waals surface area (Å²) in [7, 11) is 0. The van der Waals surface area contributed by atoms with Gasteiger partial charge in [-0.1, -0.05) is 0 Å². The highest BCUT2D eigenvalue weighted by Crippen LogP contribution is 2.15. The van der Waals surface area contributed by atoms with Gasteiger partial charge in [0.25, 0.3) is 5.91 Å². The third-order valence-electron chi connectivity index (χ3n) is 3.81. The molecule has 25 heavy (non-hydrogen) atoms. The standard InChI is InChI=1S/C17H20IN5O2/c18-14-3-1-13(2-4-14)17(24)20-6-5-19-15-11-16(22-12-21-15)23-7-9-25-10-8-23/h1-4,11-12H,5-10H2,(H,20,24)(H,19,21,22). The number of nitrogens with one attached hydrogen (secondary N) is 2. The van der Waals surface area contributed by atoms with E-state index < -0.39 is 0 Å². The molecule has 7 nitrogen and oxygen atoms in total. The number of halogens is 1. The Hall–Kier alpha value is -1.94. The molecule has 132 valence electrons. The Balaban J connectivity index is 1.45. The number of amides is 1. The van der Waals surface area contributed by atoms with Gasteiger partial charge in [0.1, 0.15) is 18.0 Å². The Bertz CT molecular complexity index is 704. The van der Waals surface area contributed by atoms with E-state index in [2.05, 4.69) is 48.1 Å². The number of hydrogen-bond acceptors (Lipinski definition) is 6. The van der Waals surface area contributed by atoms with E-state index in [1.165, 1.54) is 0 Å². The van der Waals surface area contributed by atoms with Crippen LogP contribution in [0.15, 0.2) is 36.7 Å². The summed E-state index contributed by atoms with van der Waals surface area (Å²) in [4.78, 5) is 22.8. The van der Waals surface area contributed by atoms with Gasteiger partial charge in [-0.3, -0.25) is 4.79 Å². The molecule has 0 radical (unpaired) electrons. The van der Waals surface area contributed by atoms with Crippen LogP contribution >= 0.6 is 22.6 Å². The second kappa shape index (κ2) is 8.95. The number of carbonyl (C=O) groups is 1. The molecule has 0 spiro atoms. The van der Waals surface area contributed by atoms with Crippen molar-refractivity contribution in [3.05, 3.63) is 45.8 Å². The number of rotatable bonds is 6. The lowest BCUT2D eigenvalue weighted by atomic mass is 10.2. The second-order valence-electron chi connectivity index (χ2n) is 5.55. The van der Waals surface area contributed by atoms with Gasteiger partial charge >= 0.3 is 0 Å². The zero-order valence-electron chi connectivity index (χ0n) is 13.7. The minimum absolute atomic E-state index is 0.0742. The predicted molar refractivity (Wildman–Crippen MR) is 105 cm³/mol. The highest BCUT2D eigenvalue weighted by Gasteiger charge is 2.13. The first-order chi connectivity index (χ1) is 12.2. The number of nitrogens with zero attached hydrogens (tertiary/aromatic N) is 3. The van der Waals surface area contributed by atoms with Crippen molar-refractivity contribution in [2.45, 2.75) is 0 Å². The quantitative estimate of drug-likeness (QED) is 0.513. The van der Waals surface area contributed by atoms with E-state index in [1.807, 2.05) is 30.3 Å². The smallest absolute Gasteiger partial charge is 0.251 e. The van der Waals surface area contributed by atoms with Crippen LogP contribution in [0.3, 0.4) is 0 Å². The average Bonchev–Trinajstić information content (AvgIpc) is 2.66. The topological polar surface area (TPSA) is 79.4 Å². The van der Waals surface area contributed by atoms with Crippen molar-refractivity contribution in [1.29, 1.82) is 0 Å². The van der Waals surface area contributed by atoms with Gasteiger partial charge in [-0.15, -0.1) is 0 Å². The molecule has 1 aromatic carbocycles. The van der Waals surface area contributed by atoms with Crippen LogP contribution in [0, 0.1) is 3.57 Å². The first kappa shape index (κ1) is 17.9. The normalized spacial score (nSPS) is 14.2. The maximum absolute atomic E-state index is 12.0. The fourth-order valence-electron chi connectivity index (χ4n) is 2.48. The molecule has 0 aliphatic carbocycles. The van der Waals surface area contributed by atoms with E-state index in [0.29, 0.717) is 18.7 Å². The van der Waals surface area contributed by atoms with E-state index in [-0.39, 0.29) is 5.91 Å². The Labute approximate surface area is 160 Å². The molecule has 2 N–H and O–H groups in total. The number of benzene rings is 1. The predicted octanol–water partition coefficient (Wildman–Crippen LogP) is 1.76. The summed E-state index contributed by atoms with van der Waals surface area (Å²) in [5, 5.41) is 6.11. The van der Waals surface area contributed by atoms with Crippen molar-refractivity contribution in [3.63, 3.8) is 0 Å². The summed E-state index contributed by atoms with van der Waals surface area (Å²) in [6.07, 6.45) is 1.55.